The highest BCUT2D eigenvalue weighted by atomic mass is 32.2. The third-order valence-electron chi connectivity index (χ3n) is 3.48. The first-order valence-corrected chi connectivity index (χ1v) is 9.33. The zero-order chi connectivity index (χ0) is 19.0. The zero-order valence-electron chi connectivity index (χ0n) is 14.6. The molecule has 1 heterocycles. The average molecular weight is 379 g/mol. The normalized spacial score (nSPS) is 11.2. The molecule has 0 aliphatic heterocycles. The Balaban J connectivity index is 1.90. The first-order valence-electron chi connectivity index (χ1n) is 7.85. The molecule has 0 unspecified atom stereocenters. The number of nitrogens with zero attached hydrogens (tertiary/aromatic N) is 1. The molecule has 26 heavy (non-hydrogen) atoms. The summed E-state index contributed by atoms with van der Waals surface area (Å²) in [6.45, 7) is 1.19. The lowest BCUT2D eigenvalue weighted by Crippen LogP contribution is -2.23. The van der Waals surface area contributed by atoms with Crippen LogP contribution in [0.5, 0.6) is 5.88 Å². The van der Waals surface area contributed by atoms with Crippen LogP contribution in [0.15, 0.2) is 47.5 Å². The lowest BCUT2D eigenvalue weighted by Gasteiger charge is -2.08. The third-order valence-corrected chi connectivity index (χ3v) is 4.91. The molecule has 0 bridgehead atoms. The number of pyridine rings is 1. The van der Waals surface area contributed by atoms with E-state index in [1.165, 1.54) is 31.3 Å². The molecule has 140 valence electrons. The number of rotatable bonds is 9. The Labute approximate surface area is 152 Å². The molecule has 1 aromatic carbocycles. The van der Waals surface area contributed by atoms with E-state index < -0.39 is 10.0 Å². The number of benzene rings is 1. The van der Waals surface area contributed by atoms with E-state index in [1.54, 1.807) is 25.4 Å². The van der Waals surface area contributed by atoms with E-state index in [1.807, 2.05) is 0 Å². The van der Waals surface area contributed by atoms with Gasteiger partial charge in [0.15, 0.2) is 0 Å². The van der Waals surface area contributed by atoms with E-state index >= 15 is 0 Å². The van der Waals surface area contributed by atoms with Crippen molar-refractivity contribution in [3.8, 4) is 5.88 Å². The van der Waals surface area contributed by atoms with Crippen molar-refractivity contribution in [2.75, 3.05) is 27.4 Å². The van der Waals surface area contributed by atoms with Gasteiger partial charge in [-0.2, -0.15) is 0 Å². The van der Waals surface area contributed by atoms with Gasteiger partial charge in [-0.3, -0.25) is 4.79 Å². The number of ether oxygens (including phenoxy) is 2. The first-order chi connectivity index (χ1) is 12.5. The van der Waals surface area contributed by atoms with Crippen molar-refractivity contribution in [3.05, 3.63) is 53.7 Å². The average Bonchev–Trinajstić information content (AvgIpc) is 2.67. The van der Waals surface area contributed by atoms with Gasteiger partial charge in [0.1, 0.15) is 6.61 Å². The minimum atomic E-state index is -3.52. The van der Waals surface area contributed by atoms with Crippen molar-refractivity contribution in [1.29, 1.82) is 0 Å². The van der Waals surface area contributed by atoms with Crippen LogP contribution in [0.25, 0.3) is 0 Å². The Morgan fingerprint density at radius 2 is 1.85 bits per heavy atom. The molecule has 2 N–H and O–H groups in total. The maximum Gasteiger partial charge on any atom is 0.251 e. The highest BCUT2D eigenvalue weighted by molar-refractivity contribution is 7.89. The second-order valence-electron chi connectivity index (χ2n) is 5.26. The molecule has 2 aromatic rings. The molecular weight excluding hydrogens is 358 g/mol. The molecule has 8 nitrogen and oxygen atoms in total. The summed E-state index contributed by atoms with van der Waals surface area (Å²) in [6, 6.07) is 9.21. The van der Waals surface area contributed by atoms with Gasteiger partial charge in [0.25, 0.3) is 5.91 Å². The van der Waals surface area contributed by atoms with Gasteiger partial charge in [-0.1, -0.05) is 6.07 Å². The number of hydrogen-bond acceptors (Lipinski definition) is 6. The largest absolute Gasteiger partial charge is 0.475 e. The van der Waals surface area contributed by atoms with Gasteiger partial charge >= 0.3 is 0 Å². The SMILES string of the molecule is CNS(=O)(=O)c1ccc(C(=O)NCc2ccc(OCCOC)nc2)cc1. The predicted molar refractivity (Wildman–Crippen MR) is 95.5 cm³/mol. The van der Waals surface area contributed by atoms with Crippen LogP contribution < -0.4 is 14.8 Å². The smallest absolute Gasteiger partial charge is 0.251 e. The van der Waals surface area contributed by atoms with Crippen LogP contribution >= 0.6 is 0 Å². The van der Waals surface area contributed by atoms with Gasteiger partial charge in [0, 0.05) is 31.5 Å². The summed E-state index contributed by atoms with van der Waals surface area (Å²) in [5.74, 6) is 0.178. The summed E-state index contributed by atoms with van der Waals surface area (Å²) in [4.78, 5) is 16.4. The quantitative estimate of drug-likeness (QED) is 0.628. The molecule has 0 spiro atoms. The number of carbonyl (C=O) groups is 1. The summed E-state index contributed by atoms with van der Waals surface area (Å²) in [7, 11) is -0.594. The number of hydrogen-bond donors (Lipinski definition) is 2. The fourth-order valence-electron chi connectivity index (χ4n) is 2.02. The summed E-state index contributed by atoms with van der Waals surface area (Å²) < 4.78 is 35.8. The van der Waals surface area contributed by atoms with Crippen LogP contribution in [0.3, 0.4) is 0 Å². The maximum atomic E-state index is 12.2. The summed E-state index contributed by atoms with van der Waals surface area (Å²) in [6.07, 6.45) is 1.62. The minimum Gasteiger partial charge on any atom is -0.475 e. The lowest BCUT2D eigenvalue weighted by molar-refractivity contribution is 0.0950. The molecule has 0 saturated carbocycles. The first kappa shape index (κ1) is 19.8. The molecule has 0 aliphatic carbocycles. The van der Waals surface area contributed by atoms with Crippen molar-refractivity contribution >= 4 is 15.9 Å². The van der Waals surface area contributed by atoms with E-state index in [-0.39, 0.29) is 10.8 Å². The second kappa shape index (κ2) is 9.27. The van der Waals surface area contributed by atoms with Crippen molar-refractivity contribution in [2.45, 2.75) is 11.4 Å². The Kier molecular flexibility index (Phi) is 7.07. The van der Waals surface area contributed by atoms with Gasteiger partial charge in [-0.25, -0.2) is 18.1 Å². The van der Waals surface area contributed by atoms with E-state index in [0.717, 1.165) is 5.56 Å². The summed E-state index contributed by atoms with van der Waals surface area (Å²) in [5.41, 5.74) is 1.18. The van der Waals surface area contributed by atoms with Crippen LogP contribution in [0.4, 0.5) is 0 Å². The molecule has 0 atom stereocenters. The van der Waals surface area contributed by atoms with Crippen LogP contribution in [0, 0.1) is 0 Å². The van der Waals surface area contributed by atoms with E-state index in [0.29, 0.717) is 31.2 Å². The number of nitrogens with one attached hydrogen (secondary N) is 2. The summed E-state index contributed by atoms with van der Waals surface area (Å²) in [5, 5.41) is 2.75. The van der Waals surface area contributed by atoms with E-state index in [4.69, 9.17) is 9.47 Å². The number of amides is 1. The van der Waals surface area contributed by atoms with Gasteiger partial charge in [-0.15, -0.1) is 0 Å². The molecule has 1 aromatic heterocycles. The molecular formula is C17H21N3O5S. The standard InChI is InChI=1S/C17H21N3O5S/c1-18-26(22,23)15-6-4-14(5-7-15)17(21)20-12-13-3-8-16(19-11-13)25-10-9-24-2/h3-8,11,18H,9-10,12H2,1-2H3,(H,20,21). The molecule has 1 amide bonds. The second-order valence-corrected chi connectivity index (χ2v) is 7.15. The van der Waals surface area contributed by atoms with Crippen molar-refractivity contribution in [2.24, 2.45) is 0 Å². The fraction of sp³-hybridized carbons (Fsp3) is 0.294. The maximum absolute atomic E-state index is 12.2. The van der Waals surface area contributed by atoms with E-state index in [9.17, 15) is 13.2 Å². The molecule has 9 heteroatoms. The van der Waals surface area contributed by atoms with Crippen molar-refractivity contribution in [3.63, 3.8) is 0 Å². The zero-order valence-corrected chi connectivity index (χ0v) is 15.4. The van der Waals surface area contributed by atoms with E-state index in [2.05, 4.69) is 15.0 Å². The predicted octanol–water partition coefficient (Wildman–Crippen LogP) is 0.945. The minimum absolute atomic E-state index is 0.102. The van der Waals surface area contributed by atoms with Crippen molar-refractivity contribution in [1.82, 2.24) is 15.0 Å². The highest BCUT2D eigenvalue weighted by Gasteiger charge is 2.12. The molecule has 0 aliphatic rings. The van der Waals surface area contributed by atoms with Crippen LogP contribution in [-0.4, -0.2) is 46.7 Å². The number of methoxy groups -OCH3 is 1. The van der Waals surface area contributed by atoms with Crippen LogP contribution in [-0.2, 0) is 21.3 Å². The lowest BCUT2D eigenvalue weighted by atomic mass is 10.2. The molecule has 0 fully saturated rings. The van der Waals surface area contributed by atoms with Crippen LogP contribution in [0.1, 0.15) is 15.9 Å². The van der Waals surface area contributed by atoms with Gasteiger partial charge in [-0.05, 0) is 36.9 Å². The van der Waals surface area contributed by atoms with Gasteiger partial charge in [0.05, 0.1) is 11.5 Å². The monoisotopic (exact) mass is 379 g/mol. The number of aromatic nitrogens is 1. The Bertz CT molecular complexity index is 820. The van der Waals surface area contributed by atoms with Crippen LogP contribution in [0.2, 0.25) is 0 Å². The summed E-state index contributed by atoms with van der Waals surface area (Å²) >= 11 is 0. The Morgan fingerprint density at radius 3 is 2.42 bits per heavy atom. The topological polar surface area (TPSA) is 107 Å². The fourth-order valence-corrected chi connectivity index (χ4v) is 2.75. The van der Waals surface area contributed by atoms with Gasteiger partial charge < -0.3 is 14.8 Å². The van der Waals surface area contributed by atoms with Crippen molar-refractivity contribution < 1.29 is 22.7 Å². The molecule has 2 rings (SSSR count). The number of carbonyl (C=O) groups excluding carboxylic acids is 1. The third kappa shape index (κ3) is 5.51. The van der Waals surface area contributed by atoms with Gasteiger partial charge in [0.2, 0.25) is 15.9 Å². The highest BCUT2D eigenvalue weighted by Crippen LogP contribution is 2.11. The molecule has 0 saturated heterocycles. The number of sulfonamides is 1. The molecule has 0 radical (unpaired) electrons. The Morgan fingerprint density at radius 1 is 1.12 bits per heavy atom. The Hall–Kier alpha value is -2.49.